The Hall–Kier alpha value is -0.690. The summed E-state index contributed by atoms with van der Waals surface area (Å²) < 4.78 is 0. The number of carboxylic acid groups (broad SMARTS) is 1. The van der Waals surface area contributed by atoms with E-state index in [9.17, 15) is 4.79 Å². The van der Waals surface area contributed by atoms with Crippen LogP contribution in [0.4, 0.5) is 0 Å². The quantitative estimate of drug-likeness (QED) is 0.326. The number of aliphatic hydroxyl groups excluding tert-OH is 3. The Morgan fingerprint density at radius 2 is 1.69 bits per heavy atom. The van der Waals surface area contributed by atoms with E-state index < -0.39 is 37.4 Å². The predicted octanol–water partition coefficient (Wildman–Crippen LogP) is -2.24. The molecule has 0 aliphatic heterocycles. The summed E-state index contributed by atoms with van der Waals surface area (Å²) in [6, 6.07) is -0.938. The number of carboxylic acids is 1. The SMILES string of the molecule is C[C@H](NC(CO)(CO)CO)C(=O)O. The maximum Gasteiger partial charge on any atom is 0.320 e. The minimum absolute atomic E-state index is 0.530. The molecule has 13 heavy (non-hydrogen) atoms. The van der Waals surface area contributed by atoms with E-state index in [1.54, 1.807) is 0 Å². The first-order valence-electron chi connectivity index (χ1n) is 3.84. The van der Waals surface area contributed by atoms with Gasteiger partial charge in [-0.25, -0.2) is 0 Å². The monoisotopic (exact) mass is 193 g/mol. The summed E-state index contributed by atoms with van der Waals surface area (Å²) in [5, 5.41) is 37.4. The van der Waals surface area contributed by atoms with Crippen molar-refractivity contribution in [1.29, 1.82) is 0 Å². The van der Waals surface area contributed by atoms with Crippen molar-refractivity contribution < 1.29 is 25.2 Å². The summed E-state index contributed by atoms with van der Waals surface area (Å²) >= 11 is 0. The summed E-state index contributed by atoms with van der Waals surface area (Å²) in [5.41, 5.74) is -1.34. The van der Waals surface area contributed by atoms with E-state index in [0.29, 0.717) is 0 Å². The smallest absolute Gasteiger partial charge is 0.320 e. The number of aliphatic hydroxyl groups is 3. The predicted molar refractivity (Wildman–Crippen MR) is 44.2 cm³/mol. The highest BCUT2D eigenvalue weighted by Gasteiger charge is 2.31. The average molecular weight is 193 g/mol. The first-order chi connectivity index (χ1) is 6.01. The highest BCUT2D eigenvalue weighted by molar-refractivity contribution is 5.73. The largest absolute Gasteiger partial charge is 0.480 e. The summed E-state index contributed by atoms with van der Waals surface area (Å²) in [5.74, 6) is -1.11. The number of rotatable bonds is 6. The van der Waals surface area contributed by atoms with Crippen molar-refractivity contribution in [3.05, 3.63) is 0 Å². The van der Waals surface area contributed by atoms with Gasteiger partial charge in [-0.3, -0.25) is 10.1 Å². The Bertz CT molecular complexity index is 160. The minimum Gasteiger partial charge on any atom is -0.480 e. The molecular weight excluding hydrogens is 178 g/mol. The molecule has 0 rings (SSSR count). The third-order valence-corrected chi connectivity index (χ3v) is 1.80. The second kappa shape index (κ2) is 5.13. The van der Waals surface area contributed by atoms with E-state index in [4.69, 9.17) is 20.4 Å². The van der Waals surface area contributed by atoms with Gasteiger partial charge < -0.3 is 20.4 Å². The van der Waals surface area contributed by atoms with Crippen LogP contribution in [0.3, 0.4) is 0 Å². The van der Waals surface area contributed by atoms with Crippen molar-refractivity contribution in [2.24, 2.45) is 0 Å². The number of carbonyl (C=O) groups is 1. The van der Waals surface area contributed by atoms with Gasteiger partial charge in [0, 0.05) is 0 Å². The number of hydrogen-bond acceptors (Lipinski definition) is 5. The molecule has 0 bridgehead atoms. The molecule has 6 nitrogen and oxygen atoms in total. The lowest BCUT2D eigenvalue weighted by Crippen LogP contribution is -2.59. The van der Waals surface area contributed by atoms with Gasteiger partial charge in [0.25, 0.3) is 0 Å². The molecule has 0 aromatic carbocycles. The molecule has 0 aromatic heterocycles. The summed E-state index contributed by atoms with van der Waals surface area (Å²) in [7, 11) is 0. The second-order valence-electron chi connectivity index (χ2n) is 2.96. The van der Waals surface area contributed by atoms with E-state index in [-0.39, 0.29) is 0 Å². The Morgan fingerprint density at radius 3 is 1.92 bits per heavy atom. The van der Waals surface area contributed by atoms with Crippen LogP contribution in [-0.2, 0) is 4.79 Å². The molecule has 0 fully saturated rings. The van der Waals surface area contributed by atoms with E-state index >= 15 is 0 Å². The van der Waals surface area contributed by atoms with Gasteiger partial charge in [-0.2, -0.15) is 0 Å². The first-order valence-corrected chi connectivity index (χ1v) is 3.84. The fraction of sp³-hybridized carbons (Fsp3) is 0.857. The number of nitrogens with one attached hydrogen (secondary N) is 1. The van der Waals surface area contributed by atoms with Crippen LogP contribution in [0, 0.1) is 0 Å². The summed E-state index contributed by atoms with van der Waals surface area (Å²) in [6.07, 6.45) is 0. The zero-order chi connectivity index (χ0) is 10.5. The van der Waals surface area contributed by atoms with Crippen LogP contribution in [0.15, 0.2) is 0 Å². The standard InChI is InChI=1S/C7H15NO5/c1-5(6(12)13)8-7(2-9,3-10)4-11/h5,8-11H,2-4H2,1H3,(H,12,13)/t5-/m0/s1. The summed E-state index contributed by atoms with van der Waals surface area (Å²) in [4.78, 5) is 10.4. The molecule has 0 unspecified atom stereocenters. The topological polar surface area (TPSA) is 110 Å². The fourth-order valence-corrected chi connectivity index (χ4v) is 0.808. The van der Waals surface area contributed by atoms with Crippen molar-refractivity contribution in [2.75, 3.05) is 19.8 Å². The van der Waals surface area contributed by atoms with Crippen molar-refractivity contribution in [3.63, 3.8) is 0 Å². The van der Waals surface area contributed by atoms with Gasteiger partial charge in [-0.15, -0.1) is 0 Å². The van der Waals surface area contributed by atoms with E-state index in [1.165, 1.54) is 6.92 Å². The van der Waals surface area contributed by atoms with Crippen LogP contribution < -0.4 is 5.32 Å². The van der Waals surface area contributed by atoms with Gasteiger partial charge in [-0.05, 0) is 6.92 Å². The zero-order valence-electron chi connectivity index (χ0n) is 7.40. The molecule has 6 heteroatoms. The molecule has 0 aliphatic carbocycles. The maximum absolute atomic E-state index is 10.4. The highest BCUT2D eigenvalue weighted by atomic mass is 16.4. The van der Waals surface area contributed by atoms with Crippen molar-refractivity contribution in [2.45, 2.75) is 18.5 Å². The van der Waals surface area contributed by atoms with Crippen molar-refractivity contribution in [1.82, 2.24) is 5.32 Å². The van der Waals surface area contributed by atoms with Crippen LogP contribution >= 0.6 is 0 Å². The van der Waals surface area contributed by atoms with Gasteiger partial charge in [0.15, 0.2) is 0 Å². The van der Waals surface area contributed by atoms with Crippen LogP contribution in [0.1, 0.15) is 6.92 Å². The Kier molecular flexibility index (Phi) is 4.86. The zero-order valence-corrected chi connectivity index (χ0v) is 7.40. The third-order valence-electron chi connectivity index (χ3n) is 1.80. The molecule has 0 heterocycles. The molecule has 5 N–H and O–H groups in total. The molecule has 0 aliphatic rings. The van der Waals surface area contributed by atoms with E-state index in [2.05, 4.69) is 5.32 Å². The Morgan fingerprint density at radius 1 is 1.31 bits per heavy atom. The van der Waals surface area contributed by atoms with Gasteiger partial charge >= 0.3 is 5.97 Å². The average Bonchev–Trinajstić information content (AvgIpc) is 2.14. The molecule has 78 valence electrons. The van der Waals surface area contributed by atoms with E-state index in [0.717, 1.165) is 0 Å². The Balaban J connectivity index is 4.32. The molecule has 0 aromatic rings. The molecule has 0 saturated carbocycles. The van der Waals surface area contributed by atoms with E-state index in [1.807, 2.05) is 0 Å². The molecule has 1 atom stereocenters. The Labute approximate surface area is 75.8 Å². The van der Waals surface area contributed by atoms with Gasteiger partial charge in [0.1, 0.15) is 6.04 Å². The summed E-state index contributed by atoms with van der Waals surface area (Å²) in [6.45, 7) is -0.231. The molecule has 0 spiro atoms. The van der Waals surface area contributed by atoms with Crippen molar-refractivity contribution >= 4 is 5.97 Å². The molecule has 0 saturated heterocycles. The maximum atomic E-state index is 10.4. The fourth-order valence-electron chi connectivity index (χ4n) is 0.808. The third kappa shape index (κ3) is 3.27. The van der Waals surface area contributed by atoms with Gasteiger partial charge in [-0.1, -0.05) is 0 Å². The first kappa shape index (κ1) is 12.3. The number of aliphatic carboxylic acids is 1. The second-order valence-corrected chi connectivity index (χ2v) is 2.96. The van der Waals surface area contributed by atoms with Gasteiger partial charge in [0.2, 0.25) is 0 Å². The van der Waals surface area contributed by atoms with Crippen LogP contribution in [-0.4, -0.2) is 57.8 Å². The van der Waals surface area contributed by atoms with Gasteiger partial charge in [0.05, 0.1) is 25.4 Å². The minimum atomic E-state index is -1.34. The van der Waals surface area contributed by atoms with Crippen LogP contribution in [0.25, 0.3) is 0 Å². The molecular formula is C7H15NO5. The van der Waals surface area contributed by atoms with Crippen molar-refractivity contribution in [3.8, 4) is 0 Å². The lowest BCUT2D eigenvalue weighted by molar-refractivity contribution is -0.140. The highest BCUT2D eigenvalue weighted by Crippen LogP contribution is 2.03. The normalized spacial score (nSPS) is 14.2. The van der Waals surface area contributed by atoms with Crippen LogP contribution in [0.5, 0.6) is 0 Å². The molecule has 0 radical (unpaired) electrons. The number of hydrogen-bond donors (Lipinski definition) is 5. The van der Waals surface area contributed by atoms with Crippen LogP contribution in [0.2, 0.25) is 0 Å². The lowest BCUT2D eigenvalue weighted by atomic mass is 10.0. The lowest BCUT2D eigenvalue weighted by Gasteiger charge is -2.30. The molecule has 0 amide bonds.